The fourth-order valence-corrected chi connectivity index (χ4v) is 4.47. The minimum absolute atomic E-state index is 0.255. The standard InChI is InChI=1S/C33H44FN3O9/c1-32(2,3)45-30(42)37(31(43)46-33(4,5)6)24(28(39)40)20-23(34)18-19-35-27(38)26(36-29(41)44-7)25(21-14-10-8-11-15-21)22-16-12-9-13-17-22/h8-17,23-26H,18-20H2,1-7H3,(H,35,38)(H,36,41)(H,39,40)/t23?,24-,26-/m0/s1. The minimum Gasteiger partial charge on any atom is -0.480 e. The van der Waals surface area contributed by atoms with Gasteiger partial charge in [0.05, 0.1) is 7.11 Å². The summed E-state index contributed by atoms with van der Waals surface area (Å²) in [5, 5.41) is 15.1. The van der Waals surface area contributed by atoms with Crippen LogP contribution in [0.1, 0.15) is 71.4 Å². The van der Waals surface area contributed by atoms with Crippen LogP contribution >= 0.6 is 0 Å². The van der Waals surface area contributed by atoms with E-state index in [-0.39, 0.29) is 17.9 Å². The topological polar surface area (TPSA) is 161 Å². The molecule has 2 aromatic carbocycles. The molecule has 4 amide bonds. The summed E-state index contributed by atoms with van der Waals surface area (Å²) in [6.07, 6.45) is -6.53. The van der Waals surface area contributed by atoms with Crippen molar-refractivity contribution in [1.29, 1.82) is 0 Å². The lowest BCUT2D eigenvalue weighted by atomic mass is 9.84. The smallest absolute Gasteiger partial charge is 0.420 e. The summed E-state index contributed by atoms with van der Waals surface area (Å²) in [5.74, 6) is -2.94. The molecule has 0 aliphatic rings. The van der Waals surface area contributed by atoms with Crippen molar-refractivity contribution < 1.29 is 47.7 Å². The average molecular weight is 646 g/mol. The van der Waals surface area contributed by atoms with Crippen molar-refractivity contribution in [1.82, 2.24) is 15.5 Å². The van der Waals surface area contributed by atoms with Gasteiger partial charge in [-0.15, -0.1) is 0 Å². The molecule has 0 aliphatic heterocycles. The van der Waals surface area contributed by atoms with Crippen molar-refractivity contribution in [3.8, 4) is 0 Å². The Kier molecular flexibility index (Phi) is 13.5. The van der Waals surface area contributed by atoms with Crippen LogP contribution in [0.25, 0.3) is 0 Å². The number of ether oxygens (including phenoxy) is 3. The molecule has 0 aliphatic carbocycles. The number of nitrogens with zero attached hydrogens (tertiary/aromatic N) is 1. The third kappa shape index (κ3) is 12.0. The van der Waals surface area contributed by atoms with E-state index in [4.69, 9.17) is 14.2 Å². The number of halogens is 1. The molecule has 0 radical (unpaired) electrons. The lowest BCUT2D eigenvalue weighted by Gasteiger charge is -2.32. The number of methoxy groups -OCH3 is 1. The van der Waals surface area contributed by atoms with Crippen LogP contribution in [0.5, 0.6) is 0 Å². The molecule has 3 atom stereocenters. The SMILES string of the molecule is COC(=O)N[C@H](C(=O)NCCC(F)C[C@@H](C(=O)O)N(C(=O)OC(C)(C)C)C(=O)OC(C)(C)C)C(c1ccccc1)c1ccccc1. The Morgan fingerprint density at radius 1 is 0.826 bits per heavy atom. The van der Waals surface area contributed by atoms with E-state index in [1.54, 1.807) is 24.3 Å². The van der Waals surface area contributed by atoms with Gasteiger partial charge in [0.2, 0.25) is 5.91 Å². The molecule has 0 bridgehead atoms. The van der Waals surface area contributed by atoms with E-state index in [9.17, 15) is 29.1 Å². The number of carboxylic acid groups (broad SMARTS) is 1. The Morgan fingerprint density at radius 3 is 1.67 bits per heavy atom. The number of carbonyl (C=O) groups is 5. The number of benzene rings is 2. The van der Waals surface area contributed by atoms with Gasteiger partial charge in [-0.05, 0) is 59.1 Å². The molecular weight excluding hydrogens is 601 g/mol. The van der Waals surface area contributed by atoms with Crippen LogP contribution in [0.15, 0.2) is 60.7 Å². The first kappa shape index (κ1) is 37.5. The van der Waals surface area contributed by atoms with Crippen LogP contribution < -0.4 is 10.6 Å². The van der Waals surface area contributed by atoms with Crippen LogP contribution in [0.2, 0.25) is 0 Å². The number of alkyl halides is 1. The molecule has 0 heterocycles. The zero-order valence-corrected chi connectivity index (χ0v) is 27.2. The van der Waals surface area contributed by atoms with Crippen molar-refractivity contribution in [2.75, 3.05) is 13.7 Å². The Bertz CT molecular complexity index is 1260. The number of amides is 4. The second-order valence-corrected chi connectivity index (χ2v) is 12.5. The van der Waals surface area contributed by atoms with E-state index in [2.05, 4.69) is 10.6 Å². The van der Waals surface area contributed by atoms with Crippen molar-refractivity contribution in [3.05, 3.63) is 71.8 Å². The Hall–Kier alpha value is -4.68. The predicted molar refractivity (Wildman–Crippen MR) is 167 cm³/mol. The number of imide groups is 1. The predicted octanol–water partition coefficient (Wildman–Crippen LogP) is 5.40. The van der Waals surface area contributed by atoms with Gasteiger partial charge in [0.1, 0.15) is 29.5 Å². The van der Waals surface area contributed by atoms with E-state index in [0.29, 0.717) is 0 Å². The normalized spacial score (nSPS) is 13.5. The number of hydrogen-bond acceptors (Lipinski definition) is 8. The van der Waals surface area contributed by atoms with Gasteiger partial charge in [-0.25, -0.2) is 23.6 Å². The van der Waals surface area contributed by atoms with E-state index in [1.807, 2.05) is 36.4 Å². The van der Waals surface area contributed by atoms with E-state index in [0.717, 1.165) is 18.2 Å². The maximum atomic E-state index is 15.3. The molecule has 1 unspecified atom stereocenters. The second-order valence-electron chi connectivity index (χ2n) is 12.5. The quantitative estimate of drug-likeness (QED) is 0.257. The van der Waals surface area contributed by atoms with Crippen LogP contribution in [0.3, 0.4) is 0 Å². The van der Waals surface area contributed by atoms with Gasteiger partial charge in [0, 0.05) is 18.9 Å². The van der Waals surface area contributed by atoms with E-state index >= 15 is 4.39 Å². The van der Waals surface area contributed by atoms with Gasteiger partial charge in [0.25, 0.3) is 0 Å². The molecule has 0 fully saturated rings. The minimum atomic E-state index is -1.97. The number of carbonyl (C=O) groups excluding carboxylic acids is 4. The van der Waals surface area contributed by atoms with Crippen molar-refractivity contribution in [2.45, 2.75) is 89.8 Å². The summed E-state index contributed by atoms with van der Waals surface area (Å²) in [4.78, 5) is 64.1. The first-order valence-electron chi connectivity index (χ1n) is 14.8. The maximum absolute atomic E-state index is 15.3. The zero-order valence-electron chi connectivity index (χ0n) is 27.2. The molecule has 3 N–H and O–H groups in total. The fraction of sp³-hybridized carbons (Fsp3) is 0.485. The lowest BCUT2D eigenvalue weighted by molar-refractivity contribution is -0.144. The molecule has 2 aromatic rings. The van der Waals surface area contributed by atoms with Gasteiger partial charge >= 0.3 is 24.2 Å². The zero-order chi connectivity index (χ0) is 34.7. The number of aliphatic carboxylic acids is 1. The molecule has 0 spiro atoms. The van der Waals surface area contributed by atoms with Gasteiger partial charge in [0.15, 0.2) is 0 Å². The first-order chi connectivity index (χ1) is 21.4. The number of nitrogens with one attached hydrogen (secondary N) is 2. The largest absolute Gasteiger partial charge is 0.480 e. The highest BCUT2D eigenvalue weighted by atomic mass is 19.1. The molecule has 0 saturated carbocycles. The number of hydrogen-bond donors (Lipinski definition) is 3. The summed E-state index contributed by atoms with van der Waals surface area (Å²) in [6, 6.07) is 14.9. The fourth-order valence-electron chi connectivity index (χ4n) is 4.47. The summed E-state index contributed by atoms with van der Waals surface area (Å²) in [7, 11) is 1.16. The van der Waals surface area contributed by atoms with Crippen LogP contribution in [0, 0.1) is 0 Å². The monoisotopic (exact) mass is 645 g/mol. The third-order valence-electron chi connectivity index (χ3n) is 6.40. The lowest BCUT2D eigenvalue weighted by Crippen LogP contribution is -2.53. The summed E-state index contributed by atoms with van der Waals surface area (Å²) < 4.78 is 30.5. The molecule has 252 valence electrons. The van der Waals surface area contributed by atoms with Gasteiger partial charge in [-0.2, -0.15) is 4.90 Å². The molecule has 46 heavy (non-hydrogen) atoms. The number of carboxylic acids is 1. The number of rotatable bonds is 12. The summed E-state index contributed by atoms with van der Waals surface area (Å²) >= 11 is 0. The average Bonchev–Trinajstić information content (AvgIpc) is 2.95. The Balaban J connectivity index is 2.25. The summed E-state index contributed by atoms with van der Waals surface area (Å²) in [6.45, 7) is 8.89. The molecule has 2 rings (SSSR count). The highest BCUT2D eigenvalue weighted by Crippen LogP contribution is 2.29. The van der Waals surface area contributed by atoms with Gasteiger partial charge in [-0.3, -0.25) is 4.79 Å². The Morgan fingerprint density at radius 2 is 1.28 bits per heavy atom. The highest BCUT2D eigenvalue weighted by molar-refractivity contribution is 5.93. The van der Waals surface area contributed by atoms with Crippen LogP contribution in [-0.4, -0.2) is 83.3 Å². The van der Waals surface area contributed by atoms with Crippen molar-refractivity contribution >= 4 is 30.2 Å². The maximum Gasteiger partial charge on any atom is 0.420 e. The third-order valence-corrected chi connectivity index (χ3v) is 6.40. The molecular formula is C33H44FN3O9. The second kappa shape index (κ2) is 16.6. The van der Waals surface area contributed by atoms with Crippen molar-refractivity contribution in [3.63, 3.8) is 0 Å². The summed E-state index contributed by atoms with van der Waals surface area (Å²) in [5.41, 5.74) is -0.734. The van der Waals surface area contributed by atoms with E-state index in [1.165, 1.54) is 41.5 Å². The molecule has 0 aromatic heterocycles. The highest BCUT2D eigenvalue weighted by Gasteiger charge is 2.41. The van der Waals surface area contributed by atoms with Crippen LogP contribution in [0.4, 0.5) is 18.8 Å². The van der Waals surface area contributed by atoms with Gasteiger partial charge in [-0.1, -0.05) is 60.7 Å². The number of alkyl carbamates (subject to hydrolysis) is 1. The molecule has 13 heteroatoms. The Labute approximate surface area is 268 Å². The molecule has 12 nitrogen and oxygen atoms in total. The van der Waals surface area contributed by atoms with Crippen LogP contribution in [-0.2, 0) is 23.8 Å². The first-order valence-corrected chi connectivity index (χ1v) is 14.8. The van der Waals surface area contributed by atoms with Gasteiger partial charge < -0.3 is 30.0 Å². The van der Waals surface area contributed by atoms with Crippen molar-refractivity contribution in [2.24, 2.45) is 0 Å². The van der Waals surface area contributed by atoms with E-state index < -0.39 is 72.0 Å². The molecule has 0 saturated heterocycles.